The normalized spacial score (nSPS) is 12.5. The Balaban J connectivity index is 2.16. The first kappa shape index (κ1) is 22.0. The van der Waals surface area contributed by atoms with E-state index in [0.29, 0.717) is 23.3 Å². The SMILES string of the molecule is CCOc1cc(N(C)C)ccc1C=Nn1c([C@@H](C)CC)nc2ccc(Br)cc2c1=O. The van der Waals surface area contributed by atoms with Gasteiger partial charge in [0.25, 0.3) is 5.56 Å². The van der Waals surface area contributed by atoms with Crippen molar-refractivity contribution in [2.45, 2.75) is 33.1 Å². The van der Waals surface area contributed by atoms with Gasteiger partial charge in [-0.05, 0) is 43.7 Å². The molecule has 0 unspecified atom stereocenters. The van der Waals surface area contributed by atoms with Crippen LogP contribution in [-0.4, -0.2) is 36.6 Å². The van der Waals surface area contributed by atoms with Crippen LogP contribution in [0.5, 0.6) is 5.75 Å². The van der Waals surface area contributed by atoms with Gasteiger partial charge in [0.2, 0.25) is 0 Å². The third-order valence-corrected chi connectivity index (χ3v) is 5.51. The van der Waals surface area contributed by atoms with Crippen LogP contribution in [0.4, 0.5) is 5.69 Å². The second kappa shape index (κ2) is 9.43. The molecule has 0 aliphatic heterocycles. The van der Waals surface area contributed by atoms with E-state index in [1.165, 1.54) is 4.68 Å². The van der Waals surface area contributed by atoms with Gasteiger partial charge in [-0.15, -0.1) is 0 Å². The highest BCUT2D eigenvalue weighted by Gasteiger charge is 2.16. The van der Waals surface area contributed by atoms with Crippen molar-refractivity contribution >= 4 is 38.7 Å². The zero-order chi connectivity index (χ0) is 21.8. The summed E-state index contributed by atoms with van der Waals surface area (Å²) in [6.07, 6.45) is 2.52. The topological polar surface area (TPSA) is 59.7 Å². The summed E-state index contributed by atoms with van der Waals surface area (Å²) in [4.78, 5) is 20.0. The van der Waals surface area contributed by atoms with Crippen LogP contribution in [0.25, 0.3) is 10.9 Å². The zero-order valence-corrected chi connectivity index (χ0v) is 19.6. The Morgan fingerprint density at radius 1 is 1.23 bits per heavy atom. The van der Waals surface area contributed by atoms with Gasteiger partial charge >= 0.3 is 0 Å². The number of fused-ring (bicyclic) bond motifs is 1. The fraction of sp³-hybridized carbons (Fsp3) is 0.348. The lowest BCUT2D eigenvalue weighted by atomic mass is 10.1. The summed E-state index contributed by atoms with van der Waals surface area (Å²) in [6.45, 7) is 6.61. The van der Waals surface area contributed by atoms with E-state index >= 15 is 0 Å². The molecule has 0 bridgehead atoms. The number of nitrogens with zero attached hydrogens (tertiary/aromatic N) is 4. The van der Waals surface area contributed by atoms with Gasteiger partial charge in [-0.25, -0.2) is 4.98 Å². The number of ether oxygens (including phenoxy) is 1. The molecule has 1 heterocycles. The first-order chi connectivity index (χ1) is 14.3. The lowest BCUT2D eigenvalue weighted by Crippen LogP contribution is -2.23. The summed E-state index contributed by atoms with van der Waals surface area (Å²) in [7, 11) is 3.96. The maximum Gasteiger partial charge on any atom is 0.282 e. The van der Waals surface area contributed by atoms with Crippen LogP contribution < -0.4 is 15.2 Å². The lowest BCUT2D eigenvalue weighted by molar-refractivity contribution is 0.340. The smallest absolute Gasteiger partial charge is 0.282 e. The maximum atomic E-state index is 13.2. The molecule has 6 nitrogen and oxygen atoms in total. The lowest BCUT2D eigenvalue weighted by Gasteiger charge is -2.16. The van der Waals surface area contributed by atoms with Crippen molar-refractivity contribution in [3.8, 4) is 5.75 Å². The molecule has 0 spiro atoms. The molecule has 0 saturated carbocycles. The van der Waals surface area contributed by atoms with Crippen molar-refractivity contribution in [3.63, 3.8) is 0 Å². The molecule has 7 heteroatoms. The molecule has 0 N–H and O–H groups in total. The van der Waals surface area contributed by atoms with Gasteiger partial charge in [0.1, 0.15) is 11.6 Å². The second-order valence-electron chi connectivity index (χ2n) is 7.35. The average Bonchev–Trinajstić information content (AvgIpc) is 2.73. The first-order valence-corrected chi connectivity index (χ1v) is 10.9. The number of hydrogen-bond acceptors (Lipinski definition) is 5. The molecule has 0 amide bonds. The minimum absolute atomic E-state index is 0.0883. The molecule has 3 aromatic rings. The number of anilines is 1. The summed E-state index contributed by atoms with van der Waals surface area (Å²) in [6, 6.07) is 11.5. The molecule has 30 heavy (non-hydrogen) atoms. The highest BCUT2D eigenvalue weighted by atomic mass is 79.9. The van der Waals surface area contributed by atoms with Crippen molar-refractivity contribution in [2.24, 2.45) is 5.10 Å². The Morgan fingerprint density at radius 2 is 2.00 bits per heavy atom. The fourth-order valence-corrected chi connectivity index (χ4v) is 3.45. The standard InChI is InChI=1S/C23H27BrN4O2/c1-6-15(3)22-26-20-11-9-17(24)12-19(20)23(29)28(22)25-14-16-8-10-18(27(4)5)13-21(16)30-7-2/h8-15H,6-7H2,1-5H3/t15-/m0/s1. The first-order valence-electron chi connectivity index (χ1n) is 10.1. The van der Waals surface area contributed by atoms with E-state index in [4.69, 9.17) is 9.72 Å². The Bertz CT molecular complexity index is 1140. The van der Waals surface area contributed by atoms with Crippen LogP contribution in [0.2, 0.25) is 0 Å². The van der Waals surface area contributed by atoms with Gasteiger partial charge < -0.3 is 9.64 Å². The van der Waals surface area contributed by atoms with Crippen LogP contribution in [0, 0.1) is 0 Å². The number of aromatic nitrogens is 2. The molecule has 0 saturated heterocycles. The summed E-state index contributed by atoms with van der Waals surface area (Å²) in [5, 5.41) is 5.08. The summed E-state index contributed by atoms with van der Waals surface area (Å²) >= 11 is 3.44. The summed E-state index contributed by atoms with van der Waals surface area (Å²) in [5.41, 5.74) is 2.33. The number of hydrogen-bond donors (Lipinski definition) is 0. The number of benzene rings is 2. The van der Waals surface area contributed by atoms with E-state index in [-0.39, 0.29) is 11.5 Å². The van der Waals surface area contributed by atoms with Gasteiger partial charge in [-0.1, -0.05) is 29.8 Å². The van der Waals surface area contributed by atoms with E-state index in [2.05, 4.69) is 34.9 Å². The van der Waals surface area contributed by atoms with Crippen LogP contribution in [0.1, 0.15) is 44.5 Å². The van der Waals surface area contributed by atoms with Gasteiger partial charge in [0, 0.05) is 41.8 Å². The molecule has 1 atom stereocenters. The second-order valence-corrected chi connectivity index (χ2v) is 8.27. The van der Waals surface area contributed by atoms with Crippen LogP contribution in [0.15, 0.2) is 50.8 Å². The highest BCUT2D eigenvalue weighted by molar-refractivity contribution is 9.10. The van der Waals surface area contributed by atoms with Crippen molar-refractivity contribution in [1.29, 1.82) is 0 Å². The Hall–Kier alpha value is -2.67. The summed E-state index contributed by atoms with van der Waals surface area (Å²) < 4.78 is 8.05. The van der Waals surface area contributed by atoms with Gasteiger partial charge in [0.15, 0.2) is 0 Å². The predicted molar refractivity (Wildman–Crippen MR) is 127 cm³/mol. The number of halogens is 1. The quantitative estimate of drug-likeness (QED) is 0.454. The predicted octanol–water partition coefficient (Wildman–Crippen LogP) is 5.02. The molecule has 0 radical (unpaired) electrons. The Labute approximate surface area is 185 Å². The molecular formula is C23H27BrN4O2. The molecule has 2 aromatic carbocycles. The minimum atomic E-state index is -0.185. The van der Waals surface area contributed by atoms with Crippen molar-refractivity contribution in [3.05, 3.63) is 62.6 Å². The third kappa shape index (κ3) is 4.56. The molecule has 3 rings (SSSR count). The summed E-state index contributed by atoms with van der Waals surface area (Å²) in [5.74, 6) is 1.46. The minimum Gasteiger partial charge on any atom is -0.493 e. The van der Waals surface area contributed by atoms with E-state index in [9.17, 15) is 4.79 Å². The van der Waals surface area contributed by atoms with Gasteiger partial charge in [-0.3, -0.25) is 4.79 Å². The van der Waals surface area contributed by atoms with Crippen molar-refractivity contribution < 1.29 is 4.74 Å². The molecule has 158 valence electrons. The Morgan fingerprint density at radius 3 is 2.67 bits per heavy atom. The van der Waals surface area contributed by atoms with Crippen LogP contribution >= 0.6 is 15.9 Å². The maximum absolute atomic E-state index is 13.2. The molecule has 0 fully saturated rings. The van der Waals surface area contributed by atoms with Gasteiger partial charge in [-0.2, -0.15) is 9.78 Å². The van der Waals surface area contributed by atoms with Crippen molar-refractivity contribution in [2.75, 3.05) is 25.6 Å². The molecule has 0 aliphatic carbocycles. The molecule has 1 aromatic heterocycles. The molecule has 0 aliphatic rings. The third-order valence-electron chi connectivity index (χ3n) is 5.01. The highest BCUT2D eigenvalue weighted by Crippen LogP contribution is 2.25. The van der Waals surface area contributed by atoms with Crippen LogP contribution in [-0.2, 0) is 0 Å². The zero-order valence-electron chi connectivity index (χ0n) is 18.0. The molecular weight excluding hydrogens is 444 g/mol. The van der Waals surface area contributed by atoms with Crippen molar-refractivity contribution in [1.82, 2.24) is 9.66 Å². The van der Waals surface area contributed by atoms with E-state index in [1.54, 1.807) is 12.3 Å². The van der Waals surface area contributed by atoms with E-state index < -0.39 is 0 Å². The van der Waals surface area contributed by atoms with Crippen LogP contribution in [0.3, 0.4) is 0 Å². The van der Waals surface area contributed by atoms with Gasteiger partial charge in [0.05, 0.1) is 23.7 Å². The fourth-order valence-electron chi connectivity index (χ4n) is 3.09. The van der Waals surface area contributed by atoms with E-state index in [1.807, 2.05) is 56.3 Å². The monoisotopic (exact) mass is 470 g/mol. The van der Waals surface area contributed by atoms with E-state index in [0.717, 1.165) is 27.9 Å². The Kier molecular flexibility index (Phi) is 6.92. The largest absolute Gasteiger partial charge is 0.493 e. The average molecular weight is 471 g/mol. The number of rotatable bonds is 7.